The van der Waals surface area contributed by atoms with Gasteiger partial charge in [-0.3, -0.25) is 19.2 Å². The Morgan fingerprint density at radius 3 is 1.62 bits per heavy atom. The van der Waals surface area contributed by atoms with E-state index in [2.05, 4.69) is 21.3 Å². The van der Waals surface area contributed by atoms with E-state index in [4.69, 9.17) is 0 Å². The van der Waals surface area contributed by atoms with Crippen molar-refractivity contribution in [1.82, 2.24) is 21.3 Å². The summed E-state index contributed by atoms with van der Waals surface area (Å²) in [5.41, 5.74) is 1.48. The van der Waals surface area contributed by atoms with Crippen molar-refractivity contribution < 1.29 is 19.2 Å². The number of rotatable bonds is 9. The molecule has 0 saturated heterocycles. The smallest absolute Gasteiger partial charge is 0.268 e. The molecule has 1 atom stereocenters. The van der Waals surface area contributed by atoms with Gasteiger partial charge in [0.25, 0.3) is 11.8 Å². The SMILES string of the molecule is CNC(=O)C(=Cc1ccccc1)NC(=O)C(NC(=O)C(=Cc1ccccc1)NC(C)=O)C(C)C. The van der Waals surface area contributed by atoms with E-state index < -0.39 is 29.7 Å². The zero-order valence-corrected chi connectivity index (χ0v) is 19.7. The Morgan fingerprint density at radius 1 is 0.735 bits per heavy atom. The predicted molar refractivity (Wildman–Crippen MR) is 132 cm³/mol. The van der Waals surface area contributed by atoms with Crippen LogP contribution in [0.1, 0.15) is 31.9 Å². The van der Waals surface area contributed by atoms with Crippen molar-refractivity contribution in [2.75, 3.05) is 7.05 Å². The van der Waals surface area contributed by atoms with Gasteiger partial charge in [0.15, 0.2) is 0 Å². The molecule has 0 aliphatic heterocycles. The summed E-state index contributed by atoms with van der Waals surface area (Å²) < 4.78 is 0. The molecule has 4 N–H and O–H groups in total. The van der Waals surface area contributed by atoms with Crippen molar-refractivity contribution >= 4 is 35.8 Å². The van der Waals surface area contributed by atoms with Gasteiger partial charge < -0.3 is 21.3 Å². The molecule has 0 aromatic heterocycles. The summed E-state index contributed by atoms with van der Waals surface area (Å²) in [5, 5.41) is 10.3. The topological polar surface area (TPSA) is 116 Å². The highest BCUT2D eigenvalue weighted by Gasteiger charge is 2.27. The van der Waals surface area contributed by atoms with Gasteiger partial charge in [0.1, 0.15) is 17.4 Å². The normalized spacial score (nSPS) is 12.5. The van der Waals surface area contributed by atoms with Crippen molar-refractivity contribution in [2.45, 2.75) is 26.8 Å². The summed E-state index contributed by atoms with van der Waals surface area (Å²) in [5.74, 6) is -2.39. The molecule has 178 valence electrons. The Balaban J connectivity index is 2.27. The van der Waals surface area contributed by atoms with Gasteiger partial charge >= 0.3 is 0 Å². The van der Waals surface area contributed by atoms with Crippen molar-refractivity contribution in [3.8, 4) is 0 Å². The summed E-state index contributed by atoms with van der Waals surface area (Å²) in [6.07, 6.45) is 3.07. The van der Waals surface area contributed by atoms with Crippen molar-refractivity contribution in [2.24, 2.45) is 5.92 Å². The van der Waals surface area contributed by atoms with Gasteiger partial charge in [-0.15, -0.1) is 0 Å². The second-order valence-electron chi connectivity index (χ2n) is 7.88. The highest BCUT2D eigenvalue weighted by molar-refractivity contribution is 6.05. The molecule has 0 saturated carbocycles. The molecule has 0 fully saturated rings. The quantitative estimate of drug-likeness (QED) is 0.428. The first-order chi connectivity index (χ1) is 16.2. The summed E-state index contributed by atoms with van der Waals surface area (Å²) in [4.78, 5) is 50.1. The molecule has 0 aliphatic carbocycles. The fourth-order valence-corrected chi connectivity index (χ4v) is 3.04. The minimum Gasteiger partial charge on any atom is -0.354 e. The van der Waals surface area contributed by atoms with E-state index in [0.29, 0.717) is 5.56 Å². The Hall–Kier alpha value is -4.20. The lowest BCUT2D eigenvalue weighted by atomic mass is 10.0. The summed E-state index contributed by atoms with van der Waals surface area (Å²) >= 11 is 0. The van der Waals surface area contributed by atoms with E-state index in [1.54, 1.807) is 56.3 Å². The lowest BCUT2D eigenvalue weighted by Gasteiger charge is -2.23. The van der Waals surface area contributed by atoms with Gasteiger partial charge in [-0.25, -0.2) is 0 Å². The number of likely N-dealkylation sites (N-methyl/N-ethyl adjacent to an activating group) is 1. The first kappa shape index (κ1) is 26.1. The third kappa shape index (κ3) is 8.05. The Morgan fingerprint density at radius 2 is 1.21 bits per heavy atom. The molecule has 1 unspecified atom stereocenters. The second kappa shape index (κ2) is 12.7. The molecule has 34 heavy (non-hydrogen) atoms. The number of hydrogen-bond acceptors (Lipinski definition) is 4. The molecular formula is C26H30N4O4. The average molecular weight is 463 g/mol. The van der Waals surface area contributed by atoms with Crippen molar-refractivity contribution in [1.29, 1.82) is 0 Å². The third-order valence-electron chi connectivity index (χ3n) is 4.74. The maximum atomic E-state index is 13.1. The number of benzene rings is 2. The highest BCUT2D eigenvalue weighted by Crippen LogP contribution is 2.10. The van der Waals surface area contributed by atoms with Crippen LogP contribution in [0.4, 0.5) is 0 Å². The summed E-state index contributed by atoms with van der Waals surface area (Å²) in [6, 6.07) is 17.1. The fraction of sp³-hybridized carbons (Fsp3) is 0.231. The van der Waals surface area contributed by atoms with Gasteiger partial charge in [0, 0.05) is 14.0 Å². The third-order valence-corrected chi connectivity index (χ3v) is 4.74. The van der Waals surface area contributed by atoms with Gasteiger partial charge in [0.2, 0.25) is 11.8 Å². The molecule has 8 nitrogen and oxygen atoms in total. The molecule has 4 amide bonds. The highest BCUT2D eigenvalue weighted by atomic mass is 16.2. The number of hydrogen-bond donors (Lipinski definition) is 4. The molecule has 2 aromatic carbocycles. The molecule has 0 radical (unpaired) electrons. The van der Waals surface area contributed by atoms with Crippen LogP contribution < -0.4 is 21.3 Å². The van der Waals surface area contributed by atoms with Gasteiger partial charge in [-0.2, -0.15) is 0 Å². The van der Waals surface area contributed by atoms with Crippen LogP contribution in [-0.2, 0) is 19.2 Å². The molecule has 0 spiro atoms. The molecule has 8 heteroatoms. The Labute approximate surface area is 199 Å². The molecule has 0 aliphatic rings. The van der Waals surface area contributed by atoms with Crippen LogP contribution in [0.3, 0.4) is 0 Å². The van der Waals surface area contributed by atoms with Crippen molar-refractivity contribution in [3.05, 3.63) is 83.2 Å². The molecule has 0 bridgehead atoms. The van der Waals surface area contributed by atoms with Crippen LogP contribution in [0, 0.1) is 5.92 Å². The molecule has 2 aromatic rings. The van der Waals surface area contributed by atoms with Crippen LogP contribution in [0.2, 0.25) is 0 Å². The van der Waals surface area contributed by atoms with E-state index in [0.717, 1.165) is 5.56 Å². The lowest BCUT2D eigenvalue weighted by molar-refractivity contribution is -0.129. The van der Waals surface area contributed by atoms with E-state index in [9.17, 15) is 19.2 Å². The number of carbonyl (C=O) groups excluding carboxylic acids is 4. The maximum absolute atomic E-state index is 13.1. The average Bonchev–Trinajstić information content (AvgIpc) is 2.81. The van der Waals surface area contributed by atoms with Crippen molar-refractivity contribution in [3.63, 3.8) is 0 Å². The Bertz CT molecular complexity index is 1080. The zero-order chi connectivity index (χ0) is 25.1. The van der Waals surface area contributed by atoms with E-state index in [1.165, 1.54) is 20.0 Å². The second-order valence-corrected chi connectivity index (χ2v) is 7.88. The molecule has 0 heterocycles. The number of amides is 4. The standard InChI is InChI=1S/C26H30N4O4/c1-17(2)23(26(34)29-21(24(32)27-4)15-19-11-7-5-8-12-19)30-25(33)22(28-18(3)31)16-20-13-9-6-10-14-20/h5-17,23H,1-4H3,(H,27,32)(H,28,31)(H,29,34)(H,30,33). The number of nitrogens with one attached hydrogen (secondary N) is 4. The monoisotopic (exact) mass is 462 g/mol. The predicted octanol–water partition coefficient (Wildman–Crippen LogP) is 2.21. The molecule has 2 rings (SSSR count). The molecular weight excluding hydrogens is 432 g/mol. The minimum atomic E-state index is -0.968. The summed E-state index contributed by atoms with van der Waals surface area (Å²) in [7, 11) is 1.46. The summed E-state index contributed by atoms with van der Waals surface area (Å²) in [6.45, 7) is 4.83. The van der Waals surface area contributed by atoms with E-state index in [-0.39, 0.29) is 17.3 Å². The van der Waals surface area contributed by atoms with E-state index >= 15 is 0 Å². The first-order valence-electron chi connectivity index (χ1n) is 10.9. The van der Waals surface area contributed by atoms with Gasteiger partial charge in [0.05, 0.1) is 0 Å². The lowest BCUT2D eigenvalue weighted by Crippen LogP contribution is -2.51. The van der Waals surface area contributed by atoms with E-state index in [1.807, 2.05) is 24.3 Å². The number of carbonyl (C=O) groups is 4. The largest absolute Gasteiger partial charge is 0.354 e. The van der Waals surface area contributed by atoms with Crippen LogP contribution in [0.15, 0.2) is 72.1 Å². The fourth-order valence-electron chi connectivity index (χ4n) is 3.04. The van der Waals surface area contributed by atoms with Gasteiger partial charge in [-0.05, 0) is 29.2 Å². The minimum absolute atomic E-state index is 0.00324. The van der Waals surface area contributed by atoms with Crippen LogP contribution in [0.5, 0.6) is 0 Å². The van der Waals surface area contributed by atoms with Crippen LogP contribution in [-0.4, -0.2) is 36.7 Å². The maximum Gasteiger partial charge on any atom is 0.268 e. The van der Waals surface area contributed by atoms with Crippen LogP contribution >= 0.6 is 0 Å². The first-order valence-corrected chi connectivity index (χ1v) is 10.9. The zero-order valence-electron chi connectivity index (χ0n) is 19.7. The van der Waals surface area contributed by atoms with Gasteiger partial charge in [-0.1, -0.05) is 74.5 Å². The Kier molecular flexibility index (Phi) is 9.76. The van der Waals surface area contributed by atoms with Crippen LogP contribution in [0.25, 0.3) is 12.2 Å².